The molecule has 4 rings (SSSR count). The van der Waals surface area contributed by atoms with Crippen LogP contribution in [-0.4, -0.2) is 5.54 Å². The van der Waals surface area contributed by atoms with Crippen molar-refractivity contribution in [1.29, 1.82) is 0 Å². The monoisotopic (exact) mass is 193 g/mol. The molecule has 3 atom stereocenters. The standard InChI is InChI=1S/C13H23N/c1-2-3-12-11-5-9-4-10(6-11)8-13(12,14)7-9/h9-12H,2-8,14H2,1H3/t9-,10-,11?,12+,13?/m1/s1. The number of rotatable bonds is 2. The van der Waals surface area contributed by atoms with Crippen LogP contribution in [0.25, 0.3) is 0 Å². The second kappa shape index (κ2) is 2.98. The van der Waals surface area contributed by atoms with Crippen LogP contribution in [0, 0.1) is 23.7 Å². The molecule has 80 valence electrons. The summed E-state index contributed by atoms with van der Waals surface area (Å²) in [5, 5.41) is 0. The van der Waals surface area contributed by atoms with E-state index in [4.69, 9.17) is 5.73 Å². The molecule has 0 aromatic heterocycles. The zero-order valence-corrected chi connectivity index (χ0v) is 9.34. The van der Waals surface area contributed by atoms with E-state index in [-0.39, 0.29) is 5.54 Å². The predicted molar refractivity (Wildman–Crippen MR) is 58.9 cm³/mol. The van der Waals surface area contributed by atoms with Gasteiger partial charge in [-0.3, -0.25) is 0 Å². The first-order valence-electron chi connectivity index (χ1n) is 6.50. The van der Waals surface area contributed by atoms with Crippen molar-refractivity contribution < 1.29 is 0 Å². The first-order chi connectivity index (χ1) is 6.71. The summed E-state index contributed by atoms with van der Waals surface area (Å²) in [5.41, 5.74) is 6.92. The van der Waals surface area contributed by atoms with E-state index < -0.39 is 0 Å². The highest BCUT2D eigenvalue weighted by atomic mass is 14.8. The highest BCUT2D eigenvalue weighted by Gasteiger charge is 2.54. The average molecular weight is 193 g/mol. The van der Waals surface area contributed by atoms with E-state index in [1.165, 1.54) is 44.9 Å². The molecule has 4 fully saturated rings. The molecule has 0 aromatic rings. The van der Waals surface area contributed by atoms with Gasteiger partial charge in [0.1, 0.15) is 0 Å². The van der Waals surface area contributed by atoms with Crippen LogP contribution in [0.4, 0.5) is 0 Å². The molecule has 14 heavy (non-hydrogen) atoms. The zero-order valence-electron chi connectivity index (χ0n) is 9.34. The molecular formula is C13H23N. The minimum Gasteiger partial charge on any atom is -0.325 e. The Balaban J connectivity index is 1.86. The first-order valence-corrected chi connectivity index (χ1v) is 6.50. The van der Waals surface area contributed by atoms with Gasteiger partial charge in [0.25, 0.3) is 0 Å². The third-order valence-corrected chi connectivity index (χ3v) is 5.18. The van der Waals surface area contributed by atoms with Crippen molar-refractivity contribution in [2.75, 3.05) is 0 Å². The second-order valence-corrected chi connectivity index (χ2v) is 6.24. The van der Waals surface area contributed by atoms with E-state index in [0.29, 0.717) is 0 Å². The molecule has 0 saturated heterocycles. The molecule has 2 N–H and O–H groups in total. The Bertz CT molecular complexity index is 221. The molecule has 0 unspecified atom stereocenters. The quantitative estimate of drug-likeness (QED) is 0.717. The molecule has 0 aliphatic heterocycles. The molecule has 1 nitrogen and oxygen atoms in total. The maximum absolute atomic E-state index is 6.65. The van der Waals surface area contributed by atoms with Crippen LogP contribution in [0.2, 0.25) is 0 Å². The molecule has 1 heteroatoms. The van der Waals surface area contributed by atoms with Crippen molar-refractivity contribution in [1.82, 2.24) is 0 Å². The maximum atomic E-state index is 6.65. The molecule has 0 radical (unpaired) electrons. The molecule has 4 bridgehead atoms. The molecule has 4 aliphatic rings. The lowest BCUT2D eigenvalue weighted by Crippen LogP contribution is -2.62. The van der Waals surface area contributed by atoms with E-state index in [9.17, 15) is 0 Å². The summed E-state index contributed by atoms with van der Waals surface area (Å²) >= 11 is 0. The van der Waals surface area contributed by atoms with E-state index in [1.807, 2.05) is 0 Å². The van der Waals surface area contributed by atoms with Crippen molar-refractivity contribution >= 4 is 0 Å². The van der Waals surface area contributed by atoms with Crippen LogP contribution >= 0.6 is 0 Å². The Labute approximate surface area is 87.4 Å². The summed E-state index contributed by atoms with van der Waals surface area (Å²) in [6.07, 6.45) is 9.96. The van der Waals surface area contributed by atoms with Gasteiger partial charge in [0.05, 0.1) is 0 Å². The number of hydrogen-bond acceptors (Lipinski definition) is 1. The van der Waals surface area contributed by atoms with Gasteiger partial charge in [-0.15, -0.1) is 0 Å². The van der Waals surface area contributed by atoms with E-state index in [1.54, 1.807) is 0 Å². The summed E-state index contributed by atoms with van der Waals surface area (Å²) in [6.45, 7) is 2.31. The fourth-order valence-electron chi connectivity index (χ4n) is 5.04. The SMILES string of the molecule is CCC[C@H]1C2C[C@H]3C[C@H](C2)CC1(N)C3. The van der Waals surface area contributed by atoms with E-state index in [0.717, 1.165) is 23.7 Å². The molecular weight excluding hydrogens is 170 g/mol. The lowest BCUT2D eigenvalue weighted by Gasteiger charge is -2.60. The summed E-state index contributed by atoms with van der Waals surface area (Å²) in [6, 6.07) is 0. The lowest BCUT2D eigenvalue weighted by molar-refractivity contribution is -0.0585. The van der Waals surface area contributed by atoms with Gasteiger partial charge < -0.3 is 5.73 Å². The van der Waals surface area contributed by atoms with Gasteiger partial charge in [0, 0.05) is 5.54 Å². The lowest BCUT2D eigenvalue weighted by atomic mass is 9.48. The van der Waals surface area contributed by atoms with Crippen LogP contribution in [-0.2, 0) is 0 Å². The van der Waals surface area contributed by atoms with Crippen LogP contribution in [0.3, 0.4) is 0 Å². The third-order valence-electron chi connectivity index (χ3n) is 5.18. The highest BCUT2D eigenvalue weighted by molar-refractivity contribution is 5.09. The fourth-order valence-corrected chi connectivity index (χ4v) is 5.04. The molecule has 0 aromatic carbocycles. The molecule has 0 spiro atoms. The van der Waals surface area contributed by atoms with Crippen LogP contribution < -0.4 is 5.73 Å². The van der Waals surface area contributed by atoms with Crippen LogP contribution in [0.15, 0.2) is 0 Å². The summed E-state index contributed by atoms with van der Waals surface area (Å²) in [4.78, 5) is 0. The Morgan fingerprint density at radius 1 is 1.14 bits per heavy atom. The third kappa shape index (κ3) is 1.18. The van der Waals surface area contributed by atoms with Crippen molar-refractivity contribution in [3.05, 3.63) is 0 Å². The normalized spacial score (nSPS) is 55.3. The largest absolute Gasteiger partial charge is 0.325 e. The Morgan fingerprint density at radius 3 is 2.29 bits per heavy atom. The van der Waals surface area contributed by atoms with Gasteiger partial charge in [0.15, 0.2) is 0 Å². The highest BCUT2D eigenvalue weighted by Crippen LogP contribution is 2.58. The van der Waals surface area contributed by atoms with Crippen molar-refractivity contribution in [3.8, 4) is 0 Å². The van der Waals surface area contributed by atoms with Crippen molar-refractivity contribution in [2.45, 2.75) is 57.4 Å². The van der Waals surface area contributed by atoms with Gasteiger partial charge >= 0.3 is 0 Å². The van der Waals surface area contributed by atoms with Crippen LogP contribution in [0.5, 0.6) is 0 Å². The zero-order chi connectivity index (χ0) is 9.76. The summed E-state index contributed by atoms with van der Waals surface area (Å²) in [5.74, 6) is 3.89. The second-order valence-electron chi connectivity index (χ2n) is 6.24. The van der Waals surface area contributed by atoms with Gasteiger partial charge in [-0.05, 0) is 62.2 Å². The minimum atomic E-state index is 0.269. The molecule has 0 amide bonds. The van der Waals surface area contributed by atoms with Gasteiger partial charge in [-0.25, -0.2) is 0 Å². The predicted octanol–water partition coefficient (Wildman–Crippen LogP) is 2.94. The molecule has 4 saturated carbocycles. The molecule has 0 heterocycles. The smallest absolute Gasteiger partial charge is 0.0190 e. The van der Waals surface area contributed by atoms with Crippen LogP contribution in [0.1, 0.15) is 51.9 Å². The van der Waals surface area contributed by atoms with Gasteiger partial charge in [-0.1, -0.05) is 13.3 Å². The minimum absolute atomic E-state index is 0.269. The van der Waals surface area contributed by atoms with E-state index in [2.05, 4.69) is 6.92 Å². The van der Waals surface area contributed by atoms with E-state index >= 15 is 0 Å². The topological polar surface area (TPSA) is 26.0 Å². The van der Waals surface area contributed by atoms with Crippen molar-refractivity contribution in [2.24, 2.45) is 29.4 Å². The Hall–Kier alpha value is -0.0400. The summed E-state index contributed by atoms with van der Waals surface area (Å²) < 4.78 is 0. The summed E-state index contributed by atoms with van der Waals surface area (Å²) in [7, 11) is 0. The number of hydrogen-bond donors (Lipinski definition) is 1. The molecule has 4 aliphatic carbocycles. The average Bonchev–Trinajstić information content (AvgIpc) is 2.09. The number of nitrogens with two attached hydrogens (primary N) is 1. The van der Waals surface area contributed by atoms with Gasteiger partial charge in [0.2, 0.25) is 0 Å². The Morgan fingerprint density at radius 2 is 1.79 bits per heavy atom. The van der Waals surface area contributed by atoms with Gasteiger partial charge in [-0.2, -0.15) is 0 Å². The first kappa shape index (κ1) is 9.21. The van der Waals surface area contributed by atoms with Crippen molar-refractivity contribution in [3.63, 3.8) is 0 Å². The Kier molecular flexibility index (Phi) is 1.96. The fraction of sp³-hybridized carbons (Fsp3) is 1.00. The maximum Gasteiger partial charge on any atom is 0.0190 e.